The van der Waals surface area contributed by atoms with E-state index < -0.39 is 5.97 Å². The highest BCUT2D eigenvalue weighted by atomic mass is 127. The average Bonchev–Trinajstić information content (AvgIpc) is 1.38. The molecule has 0 unspecified atom stereocenters. The molecular weight excluding hydrogens is 183 g/mol. The summed E-state index contributed by atoms with van der Waals surface area (Å²) in [6, 6.07) is 0. The van der Waals surface area contributed by atoms with E-state index in [4.69, 9.17) is 0 Å². The Morgan fingerprint density at radius 2 is 2.20 bits per heavy atom. The van der Waals surface area contributed by atoms with Gasteiger partial charge < -0.3 is 9.90 Å². The molecule has 0 aliphatic rings. The molecule has 0 bridgehead atoms. The fourth-order valence-electron chi connectivity index (χ4n) is 0. The van der Waals surface area contributed by atoms with Crippen LogP contribution in [0, 0.1) is 0 Å². The van der Waals surface area contributed by atoms with Gasteiger partial charge in [0.2, 0.25) is 0 Å². The van der Waals surface area contributed by atoms with Crippen LogP contribution in [0.4, 0.5) is 0 Å². The largest absolute Gasteiger partial charge is 0.549 e. The molecule has 0 aliphatic heterocycles. The molecule has 0 radical (unpaired) electrons. The van der Waals surface area contributed by atoms with E-state index in [1.54, 1.807) is 22.6 Å². The molecule has 0 aromatic heterocycles. The van der Waals surface area contributed by atoms with Crippen molar-refractivity contribution in [3.05, 3.63) is 0 Å². The summed E-state index contributed by atoms with van der Waals surface area (Å²) in [5.41, 5.74) is 0. The number of carbonyl (C=O) groups is 1. The fraction of sp³-hybridized carbons (Fsp3) is 0.500. The summed E-state index contributed by atoms with van der Waals surface area (Å²) in [6.07, 6.45) is 0. The SMILES string of the molecule is O=C([O-])CI. The number of carbonyl (C=O) groups excluding carboxylic acids is 1. The van der Waals surface area contributed by atoms with Gasteiger partial charge in [0.15, 0.2) is 0 Å². The first-order valence-corrected chi connectivity index (χ1v) is 2.55. The van der Waals surface area contributed by atoms with Gasteiger partial charge in [-0.25, -0.2) is 0 Å². The number of carboxylic acid groups (broad SMARTS) is 1. The second-order valence-corrected chi connectivity index (χ2v) is 1.27. The van der Waals surface area contributed by atoms with Crippen molar-refractivity contribution in [3.63, 3.8) is 0 Å². The lowest BCUT2D eigenvalue weighted by molar-refractivity contribution is -0.301. The Kier molecular flexibility index (Phi) is 2.54. The van der Waals surface area contributed by atoms with Crippen molar-refractivity contribution in [3.8, 4) is 0 Å². The van der Waals surface area contributed by atoms with Crippen LogP contribution in [0.2, 0.25) is 0 Å². The Morgan fingerprint density at radius 1 is 2.00 bits per heavy atom. The fourth-order valence-corrected chi connectivity index (χ4v) is 0. The van der Waals surface area contributed by atoms with Crippen LogP contribution in [0.15, 0.2) is 0 Å². The Balaban J connectivity index is 2.85. The minimum atomic E-state index is -1.01. The van der Waals surface area contributed by atoms with Crippen molar-refractivity contribution in [2.45, 2.75) is 0 Å². The lowest BCUT2D eigenvalue weighted by Crippen LogP contribution is -2.22. The second kappa shape index (κ2) is 2.44. The lowest BCUT2D eigenvalue weighted by atomic mass is 10.9. The van der Waals surface area contributed by atoms with Crippen LogP contribution in [0.1, 0.15) is 0 Å². The van der Waals surface area contributed by atoms with Gasteiger partial charge in [-0.05, 0) is 0 Å². The smallest absolute Gasteiger partial charge is 0.0511 e. The topological polar surface area (TPSA) is 40.1 Å². The number of carboxylic acids is 1. The van der Waals surface area contributed by atoms with Crippen molar-refractivity contribution in [1.29, 1.82) is 0 Å². The van der Waals surface area contributed by atoms with Gasteiger partial charge in [0.25, 0.3) is 0 Å². The van der Waals surface area contributed by atoms with Crippen molar-refractivity contribution in [2.75, 3.05) is 4.43 Å². The molecule has 0 fully saturated rings. The first-order chi connectivity index (χ1) is 2.27. The summed E-state index contributed by atoms with van der Waals surface area (Å²) in [5, 5.41) is 9.25. The van der Waals surface area contributed by atoms with E-state index in [9.17, 15) is 9.90 Å². The highest BCUT2D eigenvalue weighted by molar-refractivity contribution is 14.1. The average molecular weight is 185 g/mol. The Bertz CT molecular complexity index is 42.9. The van der Waals surface area contributed by atoms with Gasteiger partial charge in [0.05, 0.1) is 5.97 Å². The number of alkyl halides is 1. The zero-order chi connectivity index (χ0) is 4.28. The molecule has 0 atom stereocenters. The van der Waals surface area contributed by atoms with E-state index in [-0.39, 0.29) is 4.43 Å². The van der Waals surface area contributed by atoms with Gasteiger partial charge in [-0.1, -0.05) is 22.6 Å². The predicted octanol–water partition coefficient (Wildman–Crippen LogP) is -0.829. The van der Waals surface area contributed by atoms with Crippen LogP contribution < -0.4 is 5.11 Å². The highest BCUT2D eigenvalue weighted by Crippen LogP contribution is 1.72. The zero-order valence-corrected chi connectivity index (χ0v) is 4.56. The lowest BCUT2D eigenvalue weighted by Gasteiger charge is -1.85. The summed E-state index contributed by atoms with van der Waals surface area (Å²) in [6.45, 7) is 0. The summed E-state index contributed by atoms with van der Waals surface area (Å²) in [5.74, 6) is -1.01. The molecule has 30 valence electrons. The van der Waals surface area contributed by atoms with Gasteiger partial charge in [-0.3, -0.25) is 0 Å². The van der Waals surface area contributed by atoms with E-state index in [1.807, 2.05) is 0 Å². The maximum absolute atomic E-state index is 9.25. The van der Waals surface area contributed by atoms with Crippen LogP contribution >= 0.6 is 22.6 Å². The number of aliphatic carboxylic acids is 1. The molecule has 2 nitrogen and oxygen atoms in total. The van der Waals surface area contributed by atoms with Crippen molar-refractivity contribution in [1.82, 2.24) is 0 Å². The monoisotopic (exact) mass is 185 g/mol. The summed E-state index contributed by atoms with van der Waals surface area (Å²) in [7, 11) is 0. The third kappa shape index (κ3) is 4.20. The molecule has 0 rings (SSSR count). The molecular formula is C2H2IO2-. The van der Waals surface area contributed by atoms with Gasteiger partial charge in [0, 0.05) is 4.43 Å². The number of rotatable bonds is 1. The molecule has 0 N–H and O–H groups in total. The molecule has 5 heavy (non-hydrogen) atoms. The number of hydrogen-bond acceptors (Lipinski definition) is 2. The maximum atomic E-state index is 9.25. The van der Waals surface area contributed by atoms with Gasteiger partial charge >= 0.3 is 0 Å². The summed E-state index contributed by atoms with van der Waals surface area (Å²) in [4.78, 5) is 9.25. The molecule has 0 amide bonds. The van der Waals surface area contributed by atoms with Crippen LogP contribution in [0.5, 0.6) is 0 Å². The van der Waals surface area contributed by atoms with Gasteiger partial charge in [0.1, 0.15) is 0 Å². The maximum Gasteiger partial charge on any atom is 0.0511 e. The molecule has 0 spiro atoms. The zero-order valence-electron chi connectivity index (χ0n) is 2.40. The predicted molar refractivity (Wildman–Crippen MR) is 23.9 cm³/mol. The molecule has 0 aromatic rings. The van der Waals surface area contributed by atoms with Crippen molar-refractivity contribution < 1.29 is 9.90 Å². The van der Waals surface area contributed by atoms with Crippen LogP contribution in [0.25, 0.3) is 0 Å². The van der Waals surface area contributed by atoms with Crippen LogP contribution in [-0.2, 0) is 4.79 Å². The second-order valence-electron chi connectivity index (χ2n) is 0.506. The van der Waals surface area contributed by atoms with E-state index in [1.165, 1.54) is 0 Å². The minimum Gasteiger partial charge on any atom is -0.549 e. The van der Waals surface area contributed by atoms with Crippen molar-refractivity contribution >= 4 is 28.6 Å². The molecule has 3 heteroatoms. The highest BCUT2D eigenvalue weighted by Gasteiger charge is 1.67. The first-order valence-electron chi connectivity index (χ1n) is 1.03. The Hall–Kier alpha value is 0.200. The quantitative estimate of drug-likeness (QED) is 0.395. The van der Waals surface area contributed by atoms with E-state index >= 15 is 0 Å². The van der Waals surface area contributed by atoms with Crippen LogP contribution in [-0.4, -0.2) is 10.4 Å². The third-order valence-corrected chi connectivity index (χ3v) is 0.732. The van der Waals surface area contributed by atoms with Crippen molar-refractivity contribution in [2.24, 2.45) is 0 Å². The molecule has 0 saturated carbocycles. The molecule has 0 aliphatic carbocycles. The molecule has 0 heterocycles. The van der Waals surface area contributed by atoms with Gasteiger partial charge in [-0.15, -0.1) is 0 Å². The summed E-state index contributed by atoms with van der Waals surface area (Å²) >= 11 is 1.72. The third-order valence-electron chi connectivity index (χ3n) is 0.109. The van der Waals surface area contributed by atoms with Crippen LogP contribution in [0.3, 0.4) is 0 Å². The minimum absolute atomic E-state index is 0.0811. The Morgan fingerprint density at radius 3 is 2.20 bits per heavy atom. The normalized spacial score (nSPS) is 7.40. The molecule has 0 saturated heterocycles. The molecule has 0 aromatic carbocycles. The Labute approximate surface area is 43.3 Å². The number of hydrogen-bond donors (Lipinski definition) is 0. The van der Waals surface area contributed by atoms with E-state index in [2.05, 4.69) is 0 Å². The standard InChI is InChI=1S/C2H3IO2/c3-1-2(4)5/h1H2,(H,4,5)/p-1. The van der Waals surface area contributed by atoms with E-state index in [0.717, 1.165) is 0 Å². The van der Waals surface area contributed by atoms with Gasteiger partial charge in [-0.2, -0.15) is 0 Å². The number of halogens is 1. The summed E-state index contributed by atoms with van der Waals surface area (Å²) < 4.78 is 0.0811. The first kappa shape index (κ1) is 5.20. The van der Waals surface area contributed by atoms with E-state index in [0.29, 0.717) is 0 Å².